The molecule has 0 aliphatic rings. The molecule has 7 heteroatoms. The molecule has 2 rings (SSSR count). The normalized spacial score (nSPS) is 10.2. The van der Waals surface area contributed by atoms with E-state index in [2.05, 4.69) is 22.1 Å². The molecule has 0 spiro atoms. The highest BCUT2D eigenvalue weighted by molar-refractivity contribution is 7.12. The molecule has 0 saturated carbocycles. The van der Waals surface area contributed by atoms with Crippen LogP contribution in [0.3, 0.4) is 0 Å². The minimum Gasteiger partial charge on any atom is -0.457 e. The van der Waals surface area contributed by atoms with Crippen LogP contribution in [0.1, 0.15) is 16.6 Å². The Kier molecular flexibility index (Phi) is 3.29. The zero-order valence-corrected chi connectivity index (χ0v) is 9.98. The molecule has 0 aliphatic heterocycles. The second-order valence-corrected chi connectivity index (χ2v) is 4.34. The van der Waals surface area contributed by atoms with Gasteiger partial charge in [-0.25, -0.2) is 4.79 Å². The molecule has 0 saturated heterocycles. The van der Waals surface area contributed by atoms with Gasteiger partial charge in [0.25, 0.3) is 0 Å². The Hall–Kier alpha value is -2.02. The van der Waals surface area contributed by atoms with Crippen LogP contribution in [0.5, 0.6) is 0 Å². The van der Waals surface area contributed by atoms with Crippen LogP contribution < -0.4 is 0 Å². The molecule has 0 fully saturated rings. The van der Waals surface area contributed by atoms with Crippen LogP contribution in [0, 0.1) is 0 Å². The van der Waals surface area contributed by atoms with E-state index >= 15 is 0 Å². The number of tetrazole rings is 1. The third kappa shape index (κ3) is 2.56. The molecule has 0 aromatic carbocycles. The van der Waals surface area contributed by atoms with Crippen LogP contribution >= 0.6 is 11.3 Å². The highest BCUT2D eigenvalue weighted by atomic mass is 32.1. The predicted octanol–water partition coefficient (Wildman–Crippen LogP) is 1.46. The number of esters is 1. The van der Waals surface area contributed by atoms with Crippen molar-refractivity contribution in [1.29, 1.82) is 0 Å². The molecule has 2 aromatic heterocycles. The maximum Gasteiger partial charge on any atom is 0.350 e. The van der Waals surface area contributed by atoms with Crippen molar-refractivity contribution in [3.8, 4) is 5.69 Å². The number of thiophene rings is 1. The summed E-state index contributed by atoms with van der Waals surface area (Å²) in [6.45, 7) is 5.68. The summed E-state index contributed by atoms with van der Waals surface area (Å²) in [5, 5.41) is 12.6. The lowest BCUT2D eigenvalue weighted by atomic mass is 10.3. The summed E-state index contributed by atoms with van der Waals surface area (Å²) in [6.07, 6.45) is 1.43. The zero-order chi connectivity index (χ0) is 12.3. The van der Waals surface area contributed by atoms with Crippen molar-refractivity contribution in [3.05, 3.63) is 34.8 Å². The fourth-order valence-electron chi connectivity index (χ4n) is 1.16. The van der Waals surface area contributed by atoms with Gasteiger partial charge in [-0.05, 0) is 34.4 Å². The van der Waals surface area contributed by atoms with Crippen LogP contribution in [0.15, 0.2) is 29.9 Å². The monoisotopic (exact) mass is 250 g/mol. The van der Waals surface area contributed by atoms with E-state index in [1.165, 1.54) is 22.3 Å². The van der Waals surface area contributed by atoms with Gasteiger partial charge >= 0.3 is 5.97 Å². The Morgan fingerprint density at radius 3 is 3.12 bits per heavy atom. The molecular formula is C10H10N4O2S. The number of carbonyl (C=O) groups excluding carboxylic acids is 1. The third-order valence-electron chi connectivity index (χ3n) is 1.88. The number of rotatable bonds is 4. The number of carbonyl (C=O) groups is 1. The first kappa shape index (κ1) is 11.5. The second-order valence-electron chi connectivity index (χ2n) is 3.42. The van der Waals surface area contributed by atoms with Gasteiger partial charge in [-0.15, -0.1) is 16.4 Å². The van der Waals surface area contributed by atoms with Gasteiger partial charge in [0.2, 0.25) is 0 Å². The standard InChI is InChI=1S/C10H10N4O2S/c1-7(2)5-16-10(15)9-8(3-4-17-9)14-6-11-12-13-14/h3-4,6H,1,5H2,2H3. The average Bonchev–Trinajstić information content (AvgIpc) is 2.94. The Morgan fingerprint density at radius 2 is 2.47 bits per heavy atom. The lowest BCUT2D eigenvalue weighted by Gasteiger charge is -2.04. The number of hydrogen-bond acceptors (Lipinski definition) is 6. The summed E-state index contributed by atoms with van der Waals surface area (Å²) >= 11 is 1.29. The maximum atomic E-state index is 11.8. The lowest BCUT2D eigenvalue weighted by Crippen LogP contribution is -2.08. The Bertz CT molecular complexity index is 532. The van der Waals surface area contributed by atoms with Crippen LogP contribution in [0.4, 0.5) is 0 Å². The third-order valence-corrected chi connectivity index (χ3v) is 2.76. The minimum atomic E-state index is -0.395. The van der Waals surface area contributed by atoms with E-state index < -0.39 is 5.97 Å². The van der Waals surface area contributed by atoms with Crippen molar-refractivity contribution in [3.63, 3.8) is 0 Å². The first-order chi connectivity index (χ1) is 8.18. The molecule has 0 N–H and O–H groups in total. The first-order valence-electron chi connectivity index (χ1n) is 4.81. The fourth-order valence-corrected chi connectivity index (χ4v) is 1.93. The number of nitrogens with zero attached hydrogens (tertiary/aromatic N) is 4. The summed E-state index contributed by atoms with van der Waals surface area (Å²) in [7, 11) is 0. The maximum absolute atomic E-state index is 11.8. The Morgan fingerprint density at radius 1 is 1.65 bits per heavy atom. The van der Waals surface area contributed by atoms with Crippen molar-refractivity contribution in [2.75, 3.05) is 6.61 Å². The summed E-state index contributed by atoms with van der Waals surface area (Å²) in [4.78, 5) is 12.3. The smallest absolute Gasteiger partial charge is 0.350 e. The lowest BCUT2D eigenvalue weighted by molar-refractivity contribution is 0.0546. The van der Waals surface area contributed by atoms with Gasteiger partial charge < -0.3 is 4.74 Å². The highest BCUT2D eigenvalue weighted by Gasteiger charge is 2.16. The van der Waals surface area contributed by atoms with Crippen LogP contribution in [-0.4, -0.2) is 32.8 Å². The number of ether oxygens (including phenoxy) is 1. The van der Waals surface area contributed by atoms with Crippen LogP contribution in [0.25, 0.3) is 5.69 Å². The van der Waals surface area contributed by atoms with E-state index in [1.807, 2.05) is 0 Å². The Balaban J connectivity index is 2.19. The number of hydrogen-bond donors (Lipinski definition) is 0. The van der Waals surface area contributed by atoms with Crippen molar-refractivity contribution in [2.24, 2.45) is 0 Å². The molecule has 6 nitrogen and oxygen atoms in total. The van der Waals surface area contributed by atoms with E-state index in [1.54, 1.807) is 18.4 Å². The number of aromatic nitrogens is 4. The first-order valence-corrected chi connectivity index (χ1v) is 5.69. The van der Waals surface area contributed by atoms with Crippen molar-refractivity contribution in [1.82, 2.24) is 20.2 Å². The van der Waals surface area contributed by atoms with Gasteiger partial charge in [0, 0.05) is 0 Å². The van der Waals surface area contributed by atoms with E-state index in [0.29, 0.717) is 10.6 Å². The molecule has 0 amide bonds. The van der Waals surface area contributed by atoms with E-state index in [-0.39, 0.29) is 6.61 Å². The van der Waals surface area contributed by atoms with Gasteiger partial charge in [-0.1, -0.05) is 6.58 Å². The molecule has 2 heterocycles. The summed E-state index contributed by atoms with van der Waals surface area (Å²) < 4.78 is 6.50. The van der Waals surface area contributed by atoms with E-state index in [0.717, 1.165) is 5.57 Å². The van der Waals surface area contributed by atoms with Gasteiger partial charge in [0.05, 0.1) is 5.69 Å². The quantitative estimate of drug-likeness (QED) is 0.607. The molecule has 0 radical (unpaired) electrons. The van der Waals surface area contributed by atoms with Gasteiger partial charge in [0.1, 0.15) is 17.8 Å². The molecule has 0 bridgehead atoms. The largest absolute Gasteiger partial charge is 0.457 e. The van der Waals surface area contributed by atoms with Crippen LogP contribution in [0.2, 0.25) is 0 Å². The molecular weight excluding hydrogens is 240 g/mol. The van der Waals surface area contributed by atoms with E-state index in [9.17, 15) is 4.79 Å². The molecule has 17 heavy (non-hydrogen) atoms. The predicted molar refractivity (Wildman–Crippen MR) is 62.1 cm³/mol. The minimum absolute atomic E-state index is 0.214. The van der Waals surface area contributed by atoms with Crippen molar-refractivity contribution >= 4 is 17.3 Å². The molecule has 2 aromatic rings. The van der Waals surface area contributed by atoms with Crippen LogP contribution in [-0.2, 0) is 4.74 Å². The second kappa shape index (κ2) is 4.88. The topological polar surface area (TPSA) is 69.9 Å². The molecule has 0 unspecified atom stereocenters. The Labute approximate surface area is 102 Å². The van der Waals surface area contributed by atoms with Crippen molar-refractivity contribution < 1.29 is 9.53 Å². The van der Waals surface area contributed by atoms with Crippen molar-refractivity contribution in [2.45, 2.75) is 6.92 Å². The summed E-state index contributed by atoms with van der Waals surface area (Å²) in [6, 6.07) is 1.76. The molecule has 88 valence electrons. The molecule has 0 aliphatic carbocycles. The zero-order valence-electron chi connectivity index (χ0n) is 9.16. The van der Waals surface area contributed by atoms with Gasteiger partial charge in [-0.2, -0.15) is 4.68 Å². The fraction of sp³-hybridized carbons (Fsp3) is 0.200. The average molecular weight is 250 g/mol. The summed E-state index contributed by atoms with van der Waals surface area (Å²) in [5.74, 6) is -0.395. The summed E-state index contributed by atoms with van der Waals surface area (Å²) in [5.41, 5.74) is 1.41. The SMILES string of the molecule is C=C(C)COC(=O)c1sccc1-n1cnnn1. The molecule has 0 atom stereocenters. The van der Waals surface area contributed by atoms with E-state index in [4.69, 9.17) is 4.74 Å². The highest BCUT2D eigenvalue weighted by Crippen LogP contribution is 2.21. The van der Waals surface area contributed by atoms with Gasteiger partial charge in [-0.3, -0.25) is 0 Å². The van der Waals surface area contributed by atoms with Gasteiger partial charge in [0.15, 0.2) is 0 Å².